The quantitative estimate of drug-likeness (QED) is 0.709. The molecule has 2 aromatic carbocycles. The van der Waals surface area contributed by atoms with Crippen molar-refractivity contribution in [3.8, 4) is 5.75 Å². The van der Waals surface area contributed by atoms with E-state index < -0.39 is 0 Å². The van der Waals surface area contributed by atoms with Crippen LogP contribution in [0.5, 0.6) is 5.75 Å². The second-order valence-electron chi connectivity index (χ2n) is 7.89. The molecule has 0 radical (unpaired) electrons. The van der Waals surface area contributed by atoms with E-state index in [1.807, 2.05) is 73.3 Å². The molecule has 1 fully saturated rings. The molecule has 3 rings (SSSR count). The van der Waals surface area contributed by atoms with Gasteiger partial charge in [0, 0.05) is 19.1 Å². The summed E-state index contributed by atoms with van der Waals surface area (Å²) in [6.45, 7) is 5.18. The molecule has 2 atom stereocenters. The summed E-state index contributed by atoms with van der Waals surface area (Å²) in [6, 6.07) is 17.9. The van der Waals surface area contributed by atoms with Crippen LogP contribution in [-0.2, 0) is 22.6 Å². The number of methoxy groups -OCH3 is 1. The molecule has 1 aliphatic rings. The van der Waals surface area contributed by atoms with Crippen molar-refractivity contribution in [2.75, 3.05) is 13.7 Å². The molecule has 5 nitrogen and oxygen atoms in total. The molecule has 0 spiro atoms. The van der Waals surface area contributed by atoms with E-state index in [4.69, 9.17) is 4.74 Å². The molecular formula is C24H30N2O3. The number of amides is 2. The summed E-state index contributed by atoms with van der Waals surface area (Å²) in [4.78, 5) is 27.3. The minimum atomic E-state index is -0.204. The second kappa shape index (κ2) is 9.59. The highest BCUT2D eigenvalue weighted by molar-refractivity contribution is 5.92. The van der Waals surface area contributed by atoms with Gasteiger partial charge in [0.15, 0.2) is 0 Å². The van der Waals surface area contributed by atoms with Gasteiger partial charge in [-0.3, -0.25) is 9.59 Å². The maximum absolute atomic E-state index is 13.0. The zero-order chi connectivity index (χ0) is 20.8. The Kier molecular flexibility index (Phi) is 6.91. The van der Waals surface area contributed by atoms with Crippen LogP contribution in [0.3, 0.4) is 0 Å². The first kappa shape index (κ1) is 20.9. The third-order valence-corrected chi connectivity index (χ3v) is 5.39. The molecule has 5 heteroatoms. The van der Waals surface area contributed by atoms with Crippen molar-refractivity contribution in [1.82, 2.24) is 10.2 Å². The topological polar surface area (TPSA) is 58.6 Å². The Morgan fingerprint density at radius 2 is 1.79 bits per heavy atom. The molecule has 0 aliphatic heterocycles. The summed E-state index contributed by atoms with van der Waals surface area (Å²) in [7, 11) is 1.64. The summed E-state index contributed by atoms with van der Waals surface area (Å²) in [5.41, 5.74) is 2.22. The number of rotatable bonds is 9. The van der Waals surface area contributed by atoms with Crippen LogP contribution < -0.4 is 10.1 Å². The average Bonchev–Trinajstić information content (AvgIpc) is 3.53. The van der Waals surface area contributed by atoms with Gasteiger partial charge in [0.1, 0.15) is 5.75 Å². The molecule has 2 amide bonds. The molecule has 0 heterocycles. The van der Waals surface area contributed by atoms with Gasteiger partial charge < -0.3 is 15.0 Å². The van der Waals surface area contributed by atoms with E-state index in [0.717, 1.165) is 23.3 Å². The van der Waals surface area contributed by atoms with Crippen LogP contribution in [0.15, 0.2) is 54.6 Å². The minimum absolute atomic E-state index is 0.0188. The largest absolute Gasteiger partial charge is 0.497 e. The fourth-order valence-electron chi connectivity index (χ4n) is 3.55. The molecule has 1 N–H and O–H groups in total. The number of hydrogen-bond acceptors (Lipinski definition) is 3. The van der Waals surface area contributed by atoms with Crippen molar-refractivity contribution in [3.05, 3.63) is 65.7 Å². The molecule has 2 unspecified atom stereocenters. The Morgan fingerprint density at radius 3 is 2.48 bits per heavy atom. The average molecular weight is 395 g/mol. The monoisotopic (exact) mass is 394 g/mol. The normalized spacial score (nSPS) is 17.7. The highest BCUT2D eigenvalue weighted by atomic mass is 16.5. The Bertz CT molecular complexity index is 835. The summed E-state index contributed by atoms with van der Waals surface area (Å²) < 4.78 is 5.23. The zero-order valence-corrected chi connectivity index (χ0v) is 17.4. The first-order valence-electron chi connectivity index (χ1n) is 10.2. The lowest BCUT2D eigenvalue weighted by Gasteiger charge is -2.27. The highest BCUT2D eigenvalue weighted by Crippen LogP contribution is 2.40. The van der Waals surface area contributed by atoms with Crippen LogP contribution in [0.4, 0.5) is 0 Å². The predicted molar refractivity (Wildman–Crippen MR) is 113 cm³/mol. The highest BCUT2D eigenvalue weighted by Gasteiger charge is 2.49. The molecule has 0 saturated heterocycles. The minimum Gasteiger partial charge on any atom is -0.497 e. The number of carbonyl (C=O) groups excluding carboxylic acids is 2. The Balaban J connectivity index is 1.49. The smallest absolute Gasteiger partial charge is 0.227 e. The van der Waals surface area contributed by atoms with Gasteiger partial charge in [-0.1, -0.05) is 42.5 Å². The second-order valence-corrected chi connectivity index (χ2v) is 7.89. The van der Waals surface area contributed by atoms with Crippen molar-refractivity contribution >= 4 is 11.8 Å². The van der Waals surface area contributed by atoms with Gasteiger partial charge in [0.25, 0.3) is 0 Å². The van der Waals surface area contributed by atoms with Crippen molar-refractivity contribution in [2.45, 2.75) is 39.3 Å². The van der Waals surface area contributed by atoms with Gasteiger partial charge in [0.2, 0.25) is 11.8 Å². The van der Waals surface area contributed by atoms with E-state index in [0.29, 0.717) is 19.5 Å². The van der Waals surface area contributed by atoms with E-state index in [-0.39, 0.29) is 29.7 Å². The van der Waals surface area contributed by atoms with E-state index in [1.54, 1.807) is 7.11 Å². The summed E-state index contributed by atoms with van der Waals surface area (Å²) in [5.74, 6) is 0.475. The zero-order valence-electron chi connectivity index (χ0n) is 17.4. The Hall–Kier alpha value is -2.82. The summed E-state index contributed by atoms with van der Waals surface area (Å²) >= 11 is 0. The number of ether oxygens (including phenoxy) is 1. The van der Waals surface area contributed by atoms with Crippen LogP contribution in [0.2, 0.25) is 0 Å². The fraction of sp³-hybridized carbons (Fsp3) is 0.417. The number of nitrogens with zero attached hydrogens (tertiary/aromatic N) is 1. The van der Waals surface area contributed by atoms with Gasteiger partial charge in [0.05, 0.1) is 18.9 Å². The standard InChI is InChI=1S/C24H30N2O3/c1-17(2)26(16-19-8-5-4-6-9-19)24(28)22-15-21(22)23(27)25-13-12-18-10-7-11-20(14-18)29-3/h4-11,14,17,21-22H,12-13,15-16H2,1-3H3,(H,25,27). The molecule has 0 bridgehead atoms. The van der Waals surface area contributed by atoms with E-state index in [1.165, 1.54) is 0 Å². The van der Waals surface area contributed by atoms with E-state index >= 15 is 0 Å². The first-order valence-corrected chi connectivity index (χ1v) is 10.2. The van der Waals surface area contributed by atoms with Gasteiger partial charge in [-0.2, -0.15) is 0 Å². The summed E-state index contributed by atoms with van der Waals surface area (Å²) in [6.07, 6.45) is 1.38. The van der Waals surface area contributed by atoms with Gasteiger partial charge >= 0.3 is 0 Å². The first-order chi connectivity index (χ1) is 14.0. The molecule has 0 aromatic heterocycles. The third-order valence-electron chi connectivity index (χ3n) is 5.39. The van der Waals surface area contributed by atoms with Gasteiger partial charge in [-0.15, -0.1) is 0 Å². The lowest BCUT2D eigenvalue weighted by molar-refractivity contribution is -0.136. The maximum atomic E-state index is 13.0. The lowest BCUT2D eigenvalue weighted by atomic mass is 10.1. The van der Waals surface area contributed by atoms with Crippen molar-refractivity contribution in [3.63, 3.8) is 0 Å². The lowest BCUT2D eigenvalue weighted by Crippen LogP contribution is -2.38. The van der Waals surface area contributed by atoms with Crippen LogP contribution in [0.1, 0.15) is 31.4 Å². The Labute approximate surface area is 173 Å². The molecule has 154 valence electrons. The molecule has 1 saturated carbocycles. The third kappa shape index (κ3) is 5.59. The maximum Gasteiger partial charge on any atom is 0.227 e. The van der Waals surface area contributed by atoms with E-state index in [9.17, 15) is 9.59 Å². The SMILES string of the molecule is COc1cccc(CCNC(=O)C2CC2C(=O)N(Cc2ccccc2)C(C)C)c1. The number of benzene rings is 2. The van der Waals surface area contributed by atoms with Crippen LogP contribution in [0.25, 0.3) is 0 Å². The number of hydrogen-bond donors (Lipinski definition) is 1. The van der Waals surface area contributed by atoms with Crippen molar-refractivity contribution < 1.29 is 14.3 Å². The van der Waals surface area contributed by atoms with Crippen molar-refractivity contribution in [2.24, 2.45) is 11.8 Å². The number of carbonyl (C=O) groups is 2. The fourth-order valence-corrected chi connectivity index (χ4v) is 3.55. The van der Waals surface area contributed by atoms with Crippen LogP contribution in [0, 0.1) is 11.8 Å². The molecule has 2 aromatic rings. The van der Waals surface area contributed by atoms with Gasteiger partial charge in [-0.05, 0) is 49.9 Å². The van der Waals surface area contributed by atoms with Crippen molar-refractivity contribution in [1.29, 1.82) is 0 Å². The molecular weight excluding hydrogens is 364 g/mol. The molecule has 1 aliphatic carbocycles. The predicted octanol–water partition coefficient (Wildman–Crippen LogP) is 3.43. The van der Waals surface area contributed by atoms with Gasteiger partial charge in [-0.25, -0.2) is 0 Å². The van der Waals surface area contributed by atoms with E-state index in [2.05, 4.69) is 5.32 Å². The number of nitrogens with one attached hydrogen (secondary N) is 1. The van der Waals surface area contributed by atoms with Crippen LogP contribution >= 0.6 is 0 Å². The Morgan fingerprint density at radius 1 is 1.07 bits per heavy atom. The molecule has 29 heavy (non-hydrogen) atoms. The van der Waals surface area contributed by atoms with Crippen LogP contribution in [-0.4, -0.2) is 36.4 Å². The summed E-state index contributed by atoms with van der Waals surface area (Å²) in [5, 5.41) is 2.98.